The van der Waals surface area contributed by atoms with Crippen molar-refractivity contribution < 1.29 is 33.9 Å². The molecule has 0 fully saturated rings. The Morgan fingerprint density at radius 2 is 1.62 bits per heavy atom. The van der Waals surface area contributed by atoms with E-state index in [1.807, 2.05) is 19.9 Å². The minimum atomic E-state index is -0.998. The third-order valence-corrected chi connectivity index (χ3v) is 6.00. The highest BCUT2D eigenvalue weighted by Crippen LogP contribution is 2.56. The molecule has 0 unspecified atom stereocenters. The van der Waals surface area contributed by atoms with Gasteiger partial charge in [0, 0.05) is 17.5 Å². The maximum atomic E-state index is 11.2. The maximum absolute atomic E-state index is 11.2. The normalized spacial score (nSPS) is 22.2. The fourth-order valence-electron chi connectivity index (χ4n) is 4.29. The third kappa shape index (κ3) is 2.92. The van der Waals surface area contributed by atoms with Crippen LogP contribution in [0.1, 0.15) is 25.0 Å². The number of aliphatic hydroxyl groups is 1. The minimum Gasteiger partial charge on any atom is -0.504 e. The third-order valence-electron chi connectivity index (χ3n) is 6.00. The number of methoxy groups -OCH3 is 3. The summed E-state index contributed by atoms with van der Waals surface area (Å²) in [7, 11) is 4.58. The summed E-state index contributed by atoms with van der Waals surface area (Å²) < 4.78 is 28.2. The fourth-order valence-corrected chi connectivity index (χ4v) is 4.29. The quantitative estimate of drug-likeness (QED) is 0.815. The number of rotatable bonds is 3. The summed E-state index contributed by atoms with van der Waals surface area (Å²) in [6.45, 7) is 3.93. The lowest BCUT2D eigenvalue weighted by atomic mass is 9.75. The Morgan fingerprint density at radius 3 is 2.28 bits per heavy atom. The SMILES string of the molecule is COc1c(O)cc2c(c1OC)-c1c(cc3c(c1OC)OCO3)C[C@H](C)[C@@](C)(O)C2. The van der Waals surface area contributed by atoms with Gasteiger partial charge >= 0.3 is 0 Å². The summed E-state index contributed by atoms with van der Waals surface area (Å²) in [5.74, 6) is 2.18. The van der Waals surface area contributed by atoms with E-state index in [0.29, 0.717) is 41.4 Å². The number of ether oxygens (including phenoxy) is 5. The van der Waals surface area contributed by atoms with Crippen molar-refractivity contribution in [2.75, 3.05) is 28.1 Å². The van der Waals surface area contributed by atoms with Crippen LogP contribution in [0.5, 0.6) is 34.5 Å². The van der Waals surface area contributed by atoms with Crippen LogP contribution in [0.15, 0.2) is 12.1 Å². The highest BCUT2D eigenvalue weighted by Gasteiger charge is 2.38. The van der Waals surface area contributed by atoms with Crippen molar-refractivity contribution in [2.24, 2.45) is 5.92 Å². The molecule has 7 heteroatoms. The molecule has 1 aliphatic heterocycles. The molecule has 0 saturated heterocycles. The molecule has 2 atom stereocenters. The number of benzene rings is 2. The van der Waals surface area contributed by atoms with Crippen molar-refractivity contribution in [3.05, 3.63) is 23.3 Å². The lowest BCUT2D eigenvalue weighted by molar-refractivity contribution is 0.00630. The molecule has 0 bridgehead atoms. The van der Waals surface area contributed by atoms with Crippen molar-refractivity contribution >= 4 is 0 Å². The summed E-state index contributed by atoms with van der Waals surface area (Å²) in [6, 6.07) is 3.55. The largest absolute Gasteiger partial charge is 0.504 e. The number of fused-ring (bicyclic) bond motifs is 4. The van der Waals surface area contributed by atoms with Crippen LogP contribution in [0.3, 0.4) is 0 Å². The molecule has 4 rings (SSSR count). The van der Waals surface area contributed by atoms with Gasteiger partial charge in [0.1, 0.15) is 0 Å². The topological polar surface area (TPSA) is 86.6 Å². The van der Waals surface area contributed by atoms with Crippen molar-refractivity contribution in [1.82, 2.24) is 0 Å². The van der Waals surface area contributed by atoms with Crippen molar-refractivity contribution in [1.29, 1.82) is 0 Å². The van der Waals surface area contributed by atoms with Crippen LogP contribution in [-0.2, 0) is 12.8 Å². The molecule has 0 saturated carbocycles. The summed E-state index contributed by atoms with van der Waals surface area (Å²) in [4.78, 5) is 0. The van der Waals surface area contributed by atoms with Crippen molar-refractivity contribution in [2.45, 2.75) is 32.3 Å². The Kier molecular flexibility index (Phi) is 4.65. The van der Waals surface area contributed by atoms with E-state index < -0.39 is 5.60 Å². The predicted molar refractivity (Wildman–Crippen MR) is 107 cm³/mol. The molecule has 1 aliphatic carbocycles. The lowest BCUT2D eigenvalue weighted by Crippen LogP contribution is -2.37. The first-order chi connectivity index (χ1) is 13.8. The van der Waals surface area contributed by atoms with E-state index in [9.17, 15) is 10.2 Å². The smallest absolute Gasteiger partial charge is 0.231 e. The zero-order chi connectivity index (χ0) is 20.9. The second kappa shape index (κ2) is 6.91. The molecule has 2 aliphatic rings. The van der Waals surface area contributed by atoms with Gasteiger partial charge in [-0.3, -0.25) is 0 Å². The summed E-state index contributed by atoms with van der Waals surface area (Å²) in [6.07, 6.45) is 0.926. The number of hydrogen-bond acceptors (Lipinski definition) is 7. The Bertz CT molecular complexity index is 965. The van der Waals surface area contributed by atoms with Gasteiger partial charge < -0.3 is 33.9 Å². The van der Waals surface area contributed by atoms with Crippen LogP contribution >= 0.6 is 0 Å². The van der Waals surface area contributed by atoms with Gasteiger partial charge in [-0.05, 0) is 42.5 Å². The molecular weight excluding hydrogens is 376 g/mol. The van der Waals surface area contributed by atoms with Crippen molar-refractivity contribution in [3.63, 3.8) is 0 Å². The van der Waals surface area contributed by atoms with Gasteiger partial charge in [0.25, 0.3) is 0 Å². The molecule has 2 N–H and O–H groups in total. The van der Waals surface area contributed by atoms with Gasteiger partial charge in [-0.1, -0.05) is 6.92 Å². The molecule has 0 radical (unpaired) electrons. The number of phenolic OH excluding ortho intramolecular Hbond substituents is 1. The first-order valence-corrected chi connectivity index (χ1v) is 9.51. The Balaban J connectivity index is 2.14. The van der Waals surface area contributed by atoms with Gasteiger partial charge in [0.15, 0.2) is 23.0 Å². The molecule has 0 spiro atoms. The van der Waals surface area contributed by atoms with Crippen LogP contribution in [0.2, 0.25) is 0 Å². The zero-order valence-corrected chi connectivity index (χ0v) is 17.3. The van der Waals surface area contributed by atoms with Gasteiger partial charge in [0.05, 0.1) is 26.9 Å². The van der Waals surface area contributed by atoms with E-state index in [0.717, 1.165) is 16.7 Å². The Labute approximate surface area is 169 Å². The van der Waals surface area contributed by atoms with E-state index in [-0.39, 0.29) is 24.2 Å². The van der Waals surface area contributed by atoms with Crippen LogP contribution in [-0.4, -0.2) is 43.9 Å². The molecule has 0 aromatic heterocycles. The molecule has 1 heterocycles. The molecule has 2 aromatic rings. The van der Waals surface area contributed by atoms with Gasteiger partial charge in [-0.25, -0.2) is 0 Å². The standard InChI is InChI=1S/C22H26O7/c1-11-6-12-8-15-19(29-10-28-15)21(27-5)16(12)17-13(9-22(11,2)24)7-14(23)18(25-3)20(17)26-4/h7-8,11,23-24H,6,9-10H2,1-5H3/t11-,22-/m0/s1. The van der Waals surface area contributed by atoms with Crippen LogP contribution in [0.25, 0.3) is 11.1 Å². The first kappa shape index (κ1) is 19.5. The number of phenols is 1. The second-order valence-electron chi connectivity index (χ2n) is 7.81. The van der Waals surface area contributed by atoms with E-state index >= 15 is 0 Å². The summed E-state index contributed by atoms with van der Waals surface area (Å²) >= 11 is 0. The average molecular weight is 402 g/mol. The van der Waals surface area contributed by atoms with Crippen LogP contribution < -0.4 is 23.7 Å². The van der Waals surface area contributed by atoms with Crippen LogP contribution in [0, 0.1) is 5.92 Å². The number of aromatic hydroxyl groups is 1. The summed E-state index contributed by atoms with van der Waals surface area (Å²) in [5, 5.41) is 21.7. The lowest BCUT2D eigenvalue weighted by Gasteiger charge is -2.35. The van der Waals surface area contributed by atoms with E-state index in [1.165, 1.54) is 14.2 Å². The first-order valence-electron chi connectivity index (χ1n) is 9.51. The Morgan fingerprint density at radius 1 is 0.966 bits per heavy atom. The van der Waals surface area contributed by atoms with Crippen LogP contribution in [0.4, 0.5) is 0 Å². The predicted octanol–water partition coefficient (Wildman–Crippen LogP) is 3.30. The zero-order valence-electron chi connectivity index (χ0n) is 17.3. The maximum Gasteiger partial charge on any atom is 0.231 e. The molecule has 29 heavy (non-hydrogen) atoms. The molecular formula is C22H26O7. The molecule has 156 valence electrons. The van der Waals surface area contributed by atoms with E-state index in [4.69, 9.17) is 23.7 Å². The number of hydrogen-bond donors (Lipinski definition) is 2. The fraction of sp³-hybridized carbons (Fsp3) is 0.455. The van der Waals surface area contributed by atoms with Gasteiger partial charge in [-0.15, -0.1) is 0 Å². The van der Waals surface area contributed by atoms with E-state index in [2.05, 4.69) is 0 Å². The summed E-state index contributed by atoms with van der Waals surface area (Å²) in [5.41, 5.74) is 2.17. The van der Waals surface area contributed by atoms with Gasteiger partial charge in [0.2, 0.25) is 18.3 Å². The monoisotopic (exact) mass is 402 g/mol. The molecule has 0 amide bonds. The molecule has 7 nitrogen and oxygen atoms in total. The van der Waals surface area contributed by atoms with Crippen molar-refractivity contribution in [3.8, 4) is 45.6 Å². The Hall–Kier alpha value is -2.80. The highest BCUT2D eigenvalue weighted by molar-refractivity contribution is 5.88. The van der Waals surface area contributed by atoms with Gasteiger partial charge in [-0.2, -0.15) is 0 Å². The minimum absolute atomic E-state index is 0.0478. The highest BCUT2D eigenvalue weighted by atomic mass is 16.7. The van der Waals surface area contributed by atoms with E-state index in [1.54, 1.807) is 13.2 Å². The average Bonchev–Trinajstić information content (AvgIpc) is 3.14. The molecule has 2 aromatic carbocycles. The second-order valence-corrected chi connectivity index (χ2v) is 7.81.